The Bertz CT molecular complexity index is 3000. The van der Waals surface area contributed by atoms with Gasteiger partial charge in [0.25, 0.3) is 0 Å². The van der Waals surface area contributed by atoms with E-state index < -0.39 is 0 Å². The second-order valence-corrected chi connectivity index (χ2v) is 14.4. The number of rotatable bonds is 8. The Hall–Kier alpha value is -8.00. The lowest BCUT2D eigenvalue weighted by Crippen LogP contribution is -2.09. The SMILES string of the molecule is N#Cc1ccc(-c2cc(-c3cc(-c4ccccc4)nc(-c4ccccc4)c3)cc(-n3c4ccccc4c4ccc(N(c5ccccc5)c5ccccc5)cc43)c2)cc1. The molecule has 10 aromatic rings. The van der Waals surface area contributed by atoms with Crippen LogP contribution in [0.1, 0.15) is 5.56 Å². The van der Waals surface area contributed by atoms with Crippen LogP contribution in [-0.2, 0) is 0 Å². The lowest BCUT2D eigenvalue weighted by Gasteiger charge is -2.25. The number of nitriles is 1. The summed E-state index contributed by atoms with van der Waals surface area (Å²) in [5.41, 5.74) is 15.2. The third kappa shape index (κ3) is 6.47. The van der Waals surface area contributed by atoms with Gasteiger partial charge in [0.2, 0.25) is 0 Å². The Morgan fingerprint density at radius 1 is 0.379 bits per heavy atom. The molecule has 10 rings (SSSR count). The molecule has 0 amide bonds. The Morgan fingerprint density at radius 2 is 0.879 bits per heavy atom. The highest BCUT2D eigenvalue weighted by Gasteiger charge is 2.19. The highest BCUT2D eigenvalue weighted by molar-refractivity contribution is 6.10. The van der Waals surface area contributed by atoms with Gasteiger partial charge in [-0.1, -0.05) is 133 Å². The number of hydrogen-bond donors (Lipinski definition) is 0. The van der Waals surface area contributed by atoms with Gasteiger partial charge in [-0.2, -0.15) is 5.26 Å². The molecular weight excluding hydrogens is 705 g/mol. The van der Waals surface area contributed by atoms with Crippen molar-refractivity contribution in [3.05, 3.63) is 224 Å². The molecule has 0 saturated heterocycles. The zero-order chi connectivity index (χ0) is 38.8. The van der Waals surface area contributed by atoms with Gasteiger partial charge in [0.05, 0.1) is 34.1 Å². The summed E-state index contributed by atoms with van der Waals surface area (Å²) in [6.45, 7) is 0. The summed E-state index contributed by atoms with van der Waals surface area (Å²) < 4.78 is 2.40. The normalized spacial score (nSPS) is 11.1. The van der Waals surface area contributed by atoms with E-state index in [2.05, 4.69) is 198 Å². The fourth-order valence-electron chi connectivity index (χ4n) is 8.00. The van der Waals surface area contributed by atoms with Crippen LogP contribution in [0.3, 0.4) is 0 Å². The van der Waals surface area contributed by atoms with E-state index in [4.69, 9.17) is 4.98 Å². The van der Waals surface area contributed by atoms with Gasteiger partial charge < -0.3 is 9.47 Å². The number of benzene rings is 8. The van der Waals surface area contributed by atoms with Crippen LogP contribution in [0.25, 0.3) is 72.3 Å². The van der Waals surface area contributed by atoms with E-state index in [0.29, 0.717) is 5.56 Å². The van der Waals surface area contributed by atoms with Crippen molar-refractivity contribution in [3.8, 4) is 56.5 Å². The van der Waals surface area contributed by atoms with Gasteiger partial charge >= 0.3 is 0 Å². The second kappa shape index (κ2) is 14.9. The number of hydrogen-bond acceptors (Lipinski definition) is 3. The van der Waals surface area contributed by atoms with E-state index in [0.717, 1.165) is 78.6 Å². The van der Waals surface area contributed by atoms with E-state index in [-0.39, 0.29) is 0 Å². The molecule has 0 N–H and O–H groups in total. The molecule has 0 aliphatic rings. The number of nitrogens with zero attached hydrogens (tertiary/aromatic N) is 4. The quantitative estimate of drug-likeness (QED) is 0.156. The maximum Gasteiger partial charge on any atom is 0.0991 e. The minimum absolute atomic E-state index is 0.630. The lowest BCUT2D eigenvalue weighted by molar-refractivity contribution is 1.18. The zero-order valence-corrected chi connectivity index (χ0v) is 31.6. The predicted molar refractivity (Wildman–Crippen MR) is 240 cm³/mol. The molecular formula is C54H36N4. The molecule has 0 radical (unpaired) electrons. The maximum absolute atomic E-state index is 9.65. The van der Waals surface area contributed by atoms with Crippen molar-refractivity contribution < 1.29 is 0 Å². The largest absolute Gasteiger partial charge is 0.310 e. The van der Waals surface area contributed by atoms with E-state index in [1.54, 1.807) is 0 Å². The third-order valence-electron chi connectivity index (χ3n) is 10.8. The summed E-state index contributed by atoms with van der Waals surface area (Å²) in [7, 11) is 0. The Kier molecular flexibility index (Phi) is 8.87. The van der Waals surface area contributed by atoms with Crippen molar-refractivity contribution >= 4 is 38.9 Å². The Morgan fingerprint density at radius 3 is 1.47 bits per heavy atom. The van der Waals surface area contributed by atoms with Crippen molar-refractivity contribution in [2.75, 3.05) is 4.90 Å². The Labute approximate surface area is 337 Å². The van der Waals surface area contributed by atoms with Gasteiger partial charge in [-0.05, 0) is 107 Å². The van der Waals surface area contributed by atoms with Crippen LogP contribution in [0.5, 0.6) is 0 Å². The fraction of sp³-hybridized carbons (Fsp3) is 0. The number of aromatic nitrogens is 2. The third-order valence-corrected chi connectivity index (χ3v) is 10.8. The molecule has 58 heavy (non-hydrogen) atoms. The van der Waals surface area contributed by atoms with Gasteiger partial charge in [0, 0.05) is 44.6 Å². The zero-order valence-electron chi connectivity index (χ0n) is 31.6. The van der Waals surface area contributed by atoms with Gasteiger partial charge in [-0.25, -0.2) is 4.98 Å². The molecule has 2 aromatic heterocycles. The summed E-state index contributed by atoms with van der Waals surface area (Å²) in [6.07, 6.45) is 0. The summed E-state index contributed by atoms with van der Waals surface area (Å²) in [5, 5.41) is 12.0. The van der Waals surface area contributed by atoms with Gasteiger partial charge in [0.1, 0.15) is 0 Å². The van der Waals surface area contributed by atoms with E-state index in [9.17, 15) is 5.26 Å². The first-order valence-corrected chi connectivity index (χ1v) is 19.4. The van der Waals surface area contributed by atoms with Crippen LogP contribution in [0.4, 0.5) is 17.1 Å². The first-order valence-electron chi connectivity index (χ1n) is 19.4. The van der Waals surface area contributed by atoms with E-state index in [1.807, 2.05) is 36.4 Å². The van der Waals surface area contributed by atoms with Gasteiger partial charge in [-0.15, -0.1) is 0 Å². The van der Waals surface area contributed by atoms with Crippen LogP contribution in [0.15, 0.2) is 218 Å². The molecule has 0 unspecified atom stereocenters. The van der Waals surface area contributed by atoms with Crippen molar-refractivity contribution in [1.82, 2.24) is 9.55 Å². The Balaban J connectivity index is 1.24. The molecule has 4 heteroatoms. The van der Waals surface area contributed by atoms with Crippen LogP contribution in [0, 0.1) is 11.3 Å². The molecule has 8 aromatic carbocycles. The first-order chi connectivity index (χ1) is 28.7. The molecule has 272 valence electrons. The molecule has 0 spiro atoms. The van der Waals surface area contributed by atoms with Crippen LogP contribution >= 0.6 is 0 Å². The lowest BCUT2D eigenvalue weighted by atomic mass is 9.95. The molecule has 4 nitrogen and oxygen atoms in total. The standard InChI is InChI=1S/C54H36N4/c55-37-38-25-27-39(28-26-38)42-31-43(44-34-51(40-15-5-1-6-16-40)56-52(35-44)41-17-7-2-8-18-41)33-48(32-42)58-53-24-14-13-23-49(53)50-30-29-47(36-54(50)58)57(45-19-9-3-10-20-45)46-21-11-4-12-22-46/h1-36H. The minimum atomic E-state index is 0.630. The topological polar surface area (TPSA) is 44.9 Å². The number of anilines is 3. The summed E-state index contributed by atoms with van der Waals surface area (Å²) >= 11 is 0. The van der Waals surface area contributed by atoms with Crippen LogP contribution in [-0.4, -0.2) is 9.55 Å². The molecule has 0 atom stereocenters. The van der Waals surface area contributed by atoms with Crippen molar-refractivity contribution in [2.24, 2.45) is 0 Å². The molecule has 0 aliphatic carbocycles. The highest BCUT2D eigenvalue weighted by Crippen LogP contribution is 2.41. The smallest absolute Gasteiger partial charge is 0.0991 e. The number of para-hydroxylation sites is 3. The fourth-order valence-corrected chi connectivity index (χ4v) is 8.00. The molecule has 0 aliphatic heterocycles. The molecule has 0 saturated carbocycles. The summed E-state index contributed by atoms with van der Waals surface area (Å²) in [4.78, 5) is 7.50. The summed E-state index contributed by atoms with van der Waals surface area (Å²) in [5.74, 6) is 0. The van der Waals surface area contributed by atoms with Crippen molar-refractivity contribution in [2.45, 2.75) is 0 Å². The maximum atomic E-state index is 9.65. The molecule has 2 heterocycles. The summed E-state index contributed by atoms with van der Waals surface area (Å²) in [6, 6.07) is 78.7. The van der Waals surface area contributed by atoms with Crippen LogP contribution in [0.2, 0.25) is 0 Å². The molecule has 0 bridgehead atoms. The average Bonchev–Trinajstić information content (AvgIpc) is 3.64. The van der Waals surface area contributed by atoms with Crippen molar-refractivity contribution in [3.63, 3.8) is 0 Å². The van der Waals surface area contributed by atoms with Crippen molar-refractivity contribution in [1.29, 1.82) is 5.26 Å². The van der Waals surface area contributed by atoms with E-state index in [1.165, 1.54) is 10.8 Å². The van der Waals surface area contributed by atoms with E-state index >= 15 is 0 Å². The van der Waals surface area contributed by atoms with Crippen LogP contribution < -0.4 is 4.90 Å². The van der Waals surface area contributed by atoms with Gasteiger partial charge in [-0.3, -0.25) is 0 Å². The minimum Gasteiger partial charge on any atom is -0.310 e. The first kappa shape index (κ1) is 34.5. The predicted octanol–water partition coefficient (Wildman–Crippen LogP) is 14.2. The number of pyridine rings is 1. The second-order valence-electron chi connectivity index (χ2n) is 14.4. The monoisotopic (exact) mass is 740 g/mol. The van der Waals surface area contributed by atoms with Gasteiger partial charge in [0.15, 0.2) is 0 Å². The highest BCUT2D eigenvalue weighted by atomic mass is 15.1. The average molecular weight is 741 g/mol. The number of fused-ring (bicyclic) bond motifs is 3. The molecule has 0 fully saturated rings.